The lowest BCUT2D eigenvalue weighted by Crippen LogP contribution is -2.65. The molecule has 8 heteroatoms. The summed E-state index contributed by atoms with van der Waals surface area (Å²) in [6.45, 7) is 0.114. The molecule has 0 spiro atoms. The Morgan fingerprint density at radius 2 is 1.49 bits per heavy atom. The first-order valence-electron chi connectivity index (χ1n) is 12.3. The minimum Gasteiger partial charge on any atom is -0.480 e. The van der Waals surface area contributed by atoms with E-state index in [-0.39, 0.29) is 25.1 Å². The SMILES string of the molecule is O=C(O)[C@@H]1[C@H]2CCC(CN1C(=O)C(c1ccccc1)c1ccccc1)N2C(=O)OCc1ccccc1Cl. The van der Waals surface area contributed by atoms with Crippen molar-refractivity contribution in [3.63, 3.8) is 0 Å². The summed E-state index contributed by atoms with van der Waals surface area (Å²) in [7, 11) is 0. The standard InChI is InChI=1S/C29H27ClN2O5/c30-23-14-8-7-13-21(23)18-37-29(36)32-22-15-16-24(32)26(28(34)35)31(17-22)27(33)25(19-9-3-1-4-10-19)20-11-5-2-6-12-20/h1-14,22,24-26H,15-18H2,(H,34,35)/t22?,24-,26+/m1/s1. The van der Waals surface area contributed by atoms with Crippen molar-refractivity contribution in [1.82, 2.24) is 9.80 Å². The highest BCUT2D eigenvalue weighted by Crippen LogP contribution is 2.38. The number of carbonyl (C=O) groups is 3. The van der Waals surface area contributed by atoms with E-state index >= 15 is 0 Å². The summed E-state index contributed by atoms with van der Waals surface area (Å²) in [5.41, 5.74) is 2.25. The molecule has 2 heterocycles. The minimum atomic E-state index is -1.17. The van der Waals surface area contributed by atoms with Crippen LogP contribution in [0.4, 0.5) is 4.79 Å². The molecule has 2 amide bonds. The van der Waals surface area contributed by atoms with Crippen LogP contribution in [-0.4, -0.2) is 57.5 Å². The van der Waals surface area contributed by atoms with Gasteiger partial charge in [0.1, 0.15) is 12.6 Å². The highest BCUT2D eigenvalue weighted by molar-refractivity contribution is 6.31. The zero-order chi connectivity index (χ0) is 25.9. The number of nitrogens with zero attached hydrogens (tertiary/aromatic N) is 2. The quantitative estimate of drug-likeness (QED) is 0.499. The Morgan fingerprint density at radius 3 is 2.08 bits per heavy atom. The van der Waals surface area contributed by atoms with Gasteiger partial charge in [0.05, 0.1) is 18.0 Å². The Balaban J connectivity index is 1.41. The topological polar surface area (TPSA) is 87.2 Å². The molecule has 5 rings (SSSR count). The van der Waals surface area contributed by atoms with Crippen LogP contribution in [0.5, 0.6) is 0 Å². The first-order chi connectivity index (χ1) is 18.0. The van der Waals surface area contributed by atoms with Crippen molar-refractivity contribution >= 4 is 29.6 Å². The predicted molar refractivity (Wildman–Crippen MR) is 138 cm³/mol. The second-order valence-electron chi connectivity index (χ2n) is 9.38. The average molecular weight is 519 g/mol. The first-order valence-corrected chi connectivity index (χ1v) is 12.6. The van der Waals surface area contributed by atoms with Crippen molar-refractivity contribution in [1.29, 1.82) is 0 Å². The predicted octanol–water partition coefficient (Wildman–Crippen LogP) is 4.94. The van der Waals surface area contributed by atoms with Gasteiger partial charge in [-0.1, -0.05) is 90.5 Å². The van der Waals surface area contributed by atoms with Crippen LogP contribution >= 0.6 is 11.6 Å². The average Bonchev–Trinajstić information content (AvgIpc) is 3.21. The molecule has 2 saturated heterocycles. The number of hydrogen-bond donors (Lipinski definition) is 1. The van der Waals surface area contributed by atoms with Gasteiger partial charge in [-0.25, -0.2) is 9.59 Å². The summed E-state index contributed by atoms with van der Waals surface area (Å²) in [6, 6.07) is 23.6. The van der Waals surface area contributed by atoms with E-state index in [0.717, 1.165) is 11.1 Å². The monoisotopic (exact) mass is 518 g/mol. The molecule has 2 aliphatic heterocycles. The molecule has 3 aromatic rings. The maximum Gasteiger partial charge on any atom is 0.410 e. The highest BCUT2D eigenvalue weighted by atomic mass is 35.5. The van der Waals surface area contributed by atoms with Gasteiger partial charge in [-0.15, -0.1) is 0 Å². The van der Waals surface area contributed by atoms with Gasteiger partial charge in [0.15, 0.2) is 0 Å². The summed E-state index contributed by atoms with van der Waals surface area (Å²) in [6.07, 6.45) is 0.489. The van der Waals surface area contributed by atoms with Gasteiger partial charge in [-0.2, -0.15) is 0 Å². The van der Waals surface area contributed by atoms with Crippen LogP contribution in [0, 0.1) is 0 Å². The minimum absolute atomic E-state index is 0.0150. The number of aliphatic carboxylic acids is 1. The first kappa shape index (κ1) is 24.8. The molecule has 1 N–H and O–H groups in total. The molecule has 2 bridgehead atoms. The molecule has 37 heavy (non-hydrogen) atoms. The third-order valence-electron chi connectivity index (χ3n) is 7.22. The molecule has 1 unspecified atom stereocenters. The Morgan fingerprint density at radius 1 is 0.892 bits per heavy atom. The summed E-state index contributed by atoms with van der Waals surface area (Å²) in [5, 5.41) is 10.7. The van der Waals surface area contributed by atoms with Gasteiger partial charge in [0.25, 0.3) is 0 Å². The third-order valence-corrected chi connectivity index (χ3v) is 7.59. The Labute approximate surface area is 220 Å². The van der Waals surface area contributed by atoms with Crippen LogP contribution in [0.15, 0.2) is 84.9 Å². The van der Waals surface area contributed by atoms with Crippen LogP contribution in [0.25, 0.3) is 0 Å². The second-order valence-corrected chi connectivity index (χ2v) is 9.79. The number of fused-ring (bicyclic) bond motifs is 2. The van der Waals surface area contributed by atoms with E-state index in [9.17, 15) is 19.5 Å². The van der Waals surface area contributed by atoms with Gasteiger partial charge in [-0.05, 0) is 30.0 Å². The smallest absolute Gasteiger partial charge is 0.410 e. The van der Waals surface area contributed by atoms with E-state index in [1.807, 2.05) is 60.7 Å². The number of hydrogen-bond acceptors (Lipinski definition) is 4. The van der Waals surface area contributed by atoms with E-state index in [1.165, 1.54) is 9.80 Å². The molecule has 0 aromatic heterocycles. The van der Waals surface area contributed by atoms with Crippen molar-refractivity contribution in [3.05, 3.63) is 107 Å². The summed E-state index contributed by atoms with van der Waals surface area (Å²) in [4.78, 5) is 42.7. The number of piperazine rings is 1. The zero-order valence-electron chi connectivity index (χ0n) is 20.1. The zero-order valence-corrected chi connectivity index (χ0v) is 20.8. The fourth-order valence-electron chi connectivity index (χ4n) is 5.52. The van der Waals surface area contributed by atoms with Crippen molar-refractivity contribution in [3.8, 4) is 0 Å². The van der Waals surface area contributed by atoms with Crippen LogP contribution < -0.4 is 0 Å². The molecule has 7 nitrogen and oxygen atoms in total. The molecular weight excluding hydrogens is 492 g/mol. The Kier molecular flexibility index (Phi) is 7.15. The van der Waals surface area contributed by atoms with Crippen molar-refractivity contribution in [2.24, 2.45) is 0 Å². The van der Waals surface area contributed by atoms with Crippen molar-refractivity contribution in [2.75, 3.05) is 6.54 Å². The van der Waals surface area contributed by atoms with E-state index in [0.29, 0.717) is 23.4 Å². The largest absolute Gasteiger partial charge is 0.480 e. The maximum absolute atomic E-state index is 14.1. The lowest BCUT2D eigenvalue weighted by Gasteiger charge is -2.45. The van der Waals surface area contributed by atoms with Gasteiger partial charge in [0.2, 0.25) is 5.91 Å². The number of halogens is 1. The number of amides is 2. The molecule has 2 fully saturated rings. The summed E-state index contributed by atoms with van der Waals surface area (Å²) < 4.78 is 5.55. The van der Waals surface area contributed by atoms with Crippen LogP contribution in [-0.2, 0) is 20.9 Å². The number of likely N-dealkylation sites (tertiary alicyclic amines) is 1. The third kappa shape index (κ3) is 4.91. The summed E-state index contributed by atoms with van der Waals surface area (Å²) >= 11 is 6.19. The molecule has 0 aliphatic carbocycles. The van der Waals surface area contributed by atoms with Gasteiger partial charge in [-0.3, -0.25) is 9.69 Å². The number of benzene rings is 3. The van der Waals surface area contributed by atoms with E-state index in [1.54, 1.807) is 24.3 Å². The van der Waals surface area contributed by atoms with Gasteiger partial charge in [0, 0.05) is 17.1 Å². The lowest BCUT2D eigenvalue weighted by molar-refractivity contribution is -0.156. The lowest BCUT2D eigenvalue weighted by atomic mass is 9.88. The molecule has 0 radical (unpaired) electrons. The molecular formula is C29H27ClN2O5. The van der Waals surface area contributed by atoms with Crippen LogP contribution in [0.2, 0.25) is 5.02 Å². The number of rotatable bonds is 6. The molecule has 190 valence electrons. The normalized spacial score (nSPS) is 20.6. The fraction of sp³-hybridized carbons (Fsp3) is 0.276. The van der Waals surface area contributed by atoms with Gasteiger partial charge < -0.3 is 14.7 Å². The van der Waals surface area contributed by atoms with Crippen molar-refractivity contribution in [2.45, 2.75) is 43.5 Å². The second kappa shape index (κ2) is 10.6. The molecule has 2 aliphatic rings. The Bertz CT molecular complexity index is 1250. The maximum atomic E-state index is 14.1. The summed E-state index contributed by atoms with van der Waals surface area (Å²) in [5.74, 6) is -2.07. The molecule has 3 aromatic carbocycles. The highest BCUT2D eigenvalue weighted by Gasteiger charge is 2.54. The van der Waals surface area contributed by atoms with E-state index in [4.69, 9.17) is 16.3 Å². The number of ether oxygens (including phenoxy) is 1. The molecule has 0 saturated carbocycles. The van der Waals surface area contributed by atoms with Crippen molar-refractivity contribution < 1.29 is 24.2 Å². The van der Waals surface area contributed by atoms with Gasteiger partial charge >= 0.3 is 12.1 Å². The van der Waals surface area contributed by atoms with E-state index in [2.05, 4.69) is 0 Å². The Hall–Kier alpha value is -3.84. The fourth-order valence-corrected chi connectivity index (χ4v) is 5.71. The number of carboxylic acids is 1. The van der Waals surface area contributed by atoms with E-state index < -0.39 is 30.1 Å². The molecule has 3 atom stereocenters. The number of carboxylic acid groups (broad SMARTS) is 1. The van der Waals surface area contributed by atoms with Crippen LogP contribution in [0.3, 0.4) is 0 Å². The van der Waals surface area contributed by atoms with Crippen LogP contribution in [0.1, 0.15) is 35.4 Å². The number of carbonyl (C=O) groups excluding carboxylic acids is 2.